The Morgan fingerprint density at radius 2 is 1.78 bits per heavy atom. The van der Waals surface area contributed by atoms with E-state index in [4.69, 9.17) is 0 Å². The minimum atomic E-state index is -4.35. The van der Waals surface area contributed by atoms with Gasteiger partial charge in [0.25, 0.3) is 0 Å². The quantitative estimate of drug-likeness (QED) is 0.765. The van der Waals surface area contributed by atoms with Crippen molar-refractivity contribution in [2.24, 2.45) is 11.8 Å². The predicted octanol–water partition coefficient (Wildman–Crippen LogP) is 4.40. The van der Waals surface area contributed by atoms with Crippen LogP contribution in [0.25, 0.3) is 0 Å². The van der Waals surface area contributed by atoms with Crippen LogP contribution in [-0.2, 0) is 6.18 Å². The molecule has 2 bridgehead atoms. The largest absolute Gasteiger partial charge is 0.416 e. The molecule has 23 heavy (non-hydrogen) atoms. The normalized spacial score (nSPS) is 25.3. The molecular weight excluding hydrogens is 303 g/mol. The Hall–Kier alpha value is -1.36. The average molecular weight is 325 g/mol. The van der Waals surface area contributed by atoms with E-state index in [0.717, 1.165) is 37.1 Å². The highest BCUT2D eigenvalue weighted by molar-refractivity contribution is 5.96. The number of alkyl halides is 3. The van der Waals surface area contributed by atoms with Crippen molar-refractivity contribution < 1.29 is 18.0 Å². The summed E-state index contributed by atoms with van der Waals surface area (Å²) in [4.78, 5) is 14.5. The maximum absolute atomic E-state index is 12.5. The zero-order valence-corrected chi connectivity index (χ0v) is 13.1. The van der Waals surface area contributed by atoms with Crippen LogP contribution < -0.4 is 0 Å². The van der Waals surface area contributed by atoms with E-state index in [-0.39, 0.29) is 5.78 Å². The molecule has 3 rings (SSSR count). The summed E-state index contributed by atoms with van der Waals surface area (Å²) < 4.78 is 37.6. The second kappa shape index (κ2) is 6.63. The first kappa shape index (κ1) is 16.5. The molecule has 2 atom stereocenters. The molecule has 0 unspecified atom stereocenters. The first-order valence-corrected chi connectivity index (χ1v) is 8.34. The van der Waals surface area contributed by atoms with Crippen molar-refractivity contribution in [1.82, 2.24) is 4.90 Å². The van der Waals surface area contributed by atoms with Gasteiger partial charge in [0.1, 0.15) is 0 Å². The van der Waals surface area contributed by atoms with E-state index < -0.39 is 11.7 Å². The van der Waals surface area contributed by atoms with Gasteiger partial charge in [0.05, 0.1) is 5.56 Å². The number of Topliss-reactive ketones (excluding diaryl/α,β-unsaturated/α-hetero) is 1. The Labute approximate surface area is 134 Å². The molecule has 2 aliphatic rings. The molecule has 1 saturated heterocycles. The maximum atomic E-state index is 12.5. The Kier molecular flexibility index (Phi) is 4.76. The number of likely N-dealkylation sites (tertiary alicyclic amines) is 1. The average Bonchev–Trinajstić information content (AvgIpc) is 2.85. The van der Waals surface area contributed by atoms with Crippen LogP contribution in [0.15, 0.2) is 24.3 Å². The van der Waals surface area contributed by atoms with Crippen LogP contribution in [0.3, 0.4) is 0 Å². The van der Waals surface area contributed by atoms with E-state index in [9.17, 15) is 18.0 Å². The highest BCUT2D eigenvalue weighted by Gasteiger charge is 2.31. The van der Waals surface area contributed by atoms with Crippen molar-refractivity contribution in [1.29, 1.82) is 0 Å². The molecule has 2 fully saturated rings. The SMILES string of the molecule is O=C(CCN1CC[C@@H]2CC[C@@H](C2)C1)c1ccc(C(F)(F)F)cc1. The van der Waals surface area contributed by atoms with Crippen LogP contribution in [0.2, 0.25) is 0 Å². The van der Waals surface area contributed by atoms with Crippen LogP contribution in [0.1, 0.15) is 48.0 Å². The number of fused-ring (bicyclic) bond motifs is 2. The van der Waals surface area contributed by atoms with Gasteiger partial charge in [-0.3, -0.25) is 4.79 Å². The van der Waals surface area contributed by atoms with Crippen molar-refractivity contribution in [3.05, 3.63) is 35.4 Å². The summed E-state index contributed by atoms with van der Waals surface area (Å²) in [6.07, 6.45) is 1.21. The molecule has 0 amide bonds. The van der Waals surface area contributed by atoms with E-state index >= 15 is 0 Å². The third-order valence-corrected chi connectivity index (χ3v) is 5.21. The van der Waals surface area contributed by atoms with Crippen LogP contribution in [0, 0.1) is 11.8 Å². The number of carbonyl (C=O) groups is 1. The molecule has 126 valence electrons. The Bertz CT molecular complexity index is 552. The fourth-order valence-electron chi connectivity index (χ4n) is 3.88. The molecule has 2 nitrogen and oxygen atoms in total. The molecule has 0 spiro atoms. The van der Waals surface area contributed by atoms with Crippen molar-refractivity contribution in [3.63, 3.8) is 0 Å². The summed E-state index contributed by atoms with van der Waals surface area (Å²) in [5.74, 6) is 1.55. The summed E-state index contributed by atoms with van der Waals surface area (Å²) in [6.45, 7) is 2.82. The van der Waals surface area contributed by atoms with E-state index in [1.54, 1.807) is 0 Å². The third kappa shape index (κ3) is 4.14. The maximum Gasteiger partial charge on any atom is 0.416 e. The Morgan fingerprint density at radius 3 is 2.48 bits per heavy atom. The van der Waals surface area contributed by atoms with Crippen LogP contribution in [0.5, 0.6) is 0 Å². The lowest BCUT2D eigenvalue weighted by Crippen LogP contribution is -2.31. The highest BCUT2D eigenvalue weighted by Crippen LogP contribution is 2.36. The molecule has 1 aliphatic heterocycles. The second-order valence-electron chi connectivity index (χ2n) is 6.88. The van der Waals surface area contributed by atoms with Crippen molar-refractivity contribution in [2.75, 3.05) is 19.6 Å². The molecule has 1 aromatic rings. The number of hydrogen-bond donors (Lipinski definition) is 0. The monoisotopic (exact) mass is 325 g/mol. The van der Waals surface area contributed by atoms with Crippen LogP contribution >= 0.6 is 0 Å². The van der Waals surface area contributed by atoms with E-state index in [1.807, 2.05) is 0 Å². The number of rotatable bonds is 4. The minimum absolute atomic E-state index is 0.0758. The summed E-state index contributed by atoms with van der Waals surface area (Å²) in [6, 6.07) is 4.54. The number of ketones is 1. The molecule has 1 aromatic carbocycles. The lowest BCUT2D eigenvalue weighted by Gasteiger charge is -2.24. The lowest BCUT2D eigenvalue weighted by atomic mass is 10.0. The molecule has 1 aliphatic carbocycles. The molecule has 0 aromatic heterocycles. The molecule has 0 N–H and O–H groups in total. The summed E-state index contributed by atoms with van der Waals surface area (Å²) in [7, 11) is 0. The molecule has 1 heterocycles. The molecule has 5 heteroatoms. The molecule has 1 saturated carbocycles. The van der Waals surface area contributed by atoms with Gasteiger partial charge < -0.3 is 4.90 Å². The van der Waals surface area contributed by atoms with Gasteiger partial charge in [-0.25, -0.2) is 0 Å². The standard InChI is InChI=1S/C18H22F3NO/c19-18(20,21)16-5-3-15(4-6-16)17(23)8-10-22-9-7-13-1-2-14(11-13)12-22/h3-6,13-14H,1-2,7-12H2/t13-,14-/m0/s1. The number of halogens is 3. The minimum Gasteiger partial charge on any atom is -0.303 e. The fourth-order valence-corrected chi connectivity index (χ4v) is 3.88. The van der Waals surface area contributed by atoms with E-state index in [1.165, 1.54) is 37.8 Å². The smallest absolute Gasteiger partial charge is 0.303 e. The van der Waals surface area contributed by atoms with Gasteiger partial charge >= 0.3 is 6.18 Å². The lowest BCUT2D eigenvalue weighted by molar-refractivity contribution is -0.137. The highest BCUT2D eigenvalue weighted by atomic mass is 19.4. The summed E-state index contributed by atoms with van der Waals surface area (Å²) >= 11 is 0. The number of hydrogen-bond acceptors (Lipinski definition) is 2. The topological polar surface area (TPSA) is 20.3 Å². The van der Waals surface area contributed by atoms with Gasteiger partial charge in [-0.1, -0.05) is 18.6 Å². The van der Waals surface area contributed by atoms with Gasteiger partial charge in [-0.05, 0) is 49.8 Å². The first-order chi connectivity index (χ1) is 10.9. The predicted molar refractivity (Wildman–Crippen MR) is 82.3 cm³/mol. The number of benzene rings is 1. The Morgan fingerprint density at radius 1 is 1.09 bits per heavy atom. The summed E-state index contributed by atoms with van der Waals surface area (Å²) in [5.41, 5.74) is -0.341. The van der Waals surface area contributed by atoms with Gasteiger partial charge in [-0.15, -0.1) is 0 Å². The van der Waals surface area contributed by atoms with Crippen molar-refractivity contribution in [2.45, 2.75) is 38.3 Å². The molecule has 0 radical (unpaired) electrons. The fraction of sp³-hybridized carbons (Fsp3) is 0.611. The second-order valence-corrected chi connectivity index (χ2v) is 6.88. The zero-order chi connectivity index (χ0) is 16.4. The van der Waals surface area contributed by atoms with Gasteiger partial charge in [0, 0.05) is 25.1 Å². The zero-order valence-electron chi connectivity index (χ0n) is 13.1. The third-order valence-electron chi connectivity index (χ3n) is 5.21. The summed E-state index contributed by atoms with van der Waals surface area (Å²) in [5, 5.41) is 0. The molecular formula is C18H22F3NO. The van der Waals surface area contributed by atoms with E-state index in [2.05, 4.69) is 4.90 Å². The van der Waals surface area contributed by atoms with Crippen LogP contribution in [-0.4, -0.2) is 30.3 Å². The van der Waals surface area contributed by atoms with Gasteiger partial charge in [0.15, 0.2) is 5.78 Å². The number of nitrogens with zero attached hydrogens (tertiary/aromatic N) is 1. The van der Waals surface area contributed by atoms with E-state index in [0.29, 0.717) is 18.5 Å². The first-order valence-electron chi connectivity index (χ1n) is 8.34. The Balaban J connectivity index is 1.53. The number of carbonyl (C=O) groups excluding carboxylic acids is 1. The van der Waals surface area contributed by atoms with Crippen LogP contribution in [0.4, 0.5) is 13.2 Å². The van der Waals surface area contributed by atoms with Gasteiger partial charge in [0.2, 0.25) is 0 Å². The van der Waals surface area contributed by atoms with Crippen molar-refractivity contribution in [3.8, 4) is 0 Å². The van der Waals surface area contributed by atoms with Gasteiger partial charge in [-0.2, -0.15) is 13.2 Å². The van der Waals surface area contributed by atoms with Crippen molar-refractivity contribution >= 4 is 5.78 Å².